The minimum absolute atomic E-state index is 0.0486. The summed E-state index contributed by atoms with van der Waals surface area (Å²) in [6.45, 7) is 11.4. The second-order valence-corrected chi connectivity index (χ2v) is 4.45. The van der Waals surface area contributed by atoms with E-state index in [1.165, 1.54) is 0 Å². The molecule has 0 aromatic heterocycles. The number of aliphatic carboxylic acids is 1. The normalized spacial score (nSPS) is 17.3. The monoisotopic (exact) mass is 270 g/mol. The minimum Gasteiger partial charge on any atom is -0.478 e. The fraction of sp³-hybridized carbons (Fsp3) is 0.571. The average molecular weight is 270 g/mol. The summed E-state index contributed by atoms with van der Waals surface area (Å²) >= 11 is 0. The largest absolute Gasteiger partial charge is 0.478 e. The van der Waals surface area contributed by atoms with Crippen molar-refractivity contribution < 1.29 is 24.2 Å². The van der Waals surface area contributed by atoms with Gasteiger partial charge in [-0.1, -0.05) is 27.0 Å². The van der Waals surface area contributed by atoms with E-state index in [0.29, 0.717) is 6.61 Å². The van der Waals surface area contributed by atoms with Gasteiger partial charge < -0.3 is 14.6 Å². The number of hydrogen-bond acceptors (Lipinski definition) is 4. The van der Waals surface area contributed by atoms with Gasteiger partial charge in [0.25, 0.3) is 0 Å². The first-order valence-electron chi connectivity index (χ1n) is 6.21. The molecule has 19 heavy (non-hydrogen) atoms. The molecule has 1 rings (SSSR count). The number of esters is 1. The van der Waals surface area contributed by atoms with Crippen molar-refractivity contribution in [1.82, 2.24) is 0 Å². The maximum absolute atomic E-state index is 10.6. The van der Waals surface area contributed by atoms with Gasteiger partial charge in [0.1, 0.15) is 6.61 Å². The van der Waals surface area contributed by atoms with Gasteiger partial charge in [-0.05, 0) is 18.8 Å². The van der Waals surface area contributed by atoms with E-state index in [-0.39, 0.29) is 23.6 Å². The van der Waals surface area contributed by atoms with E-state index in [4.69, 9.17) is 14.6 Å². The van der Waals surface area contributed by atoms with Gasteiger partial charge >= 0.3 is 11.9 Å². The van der Waals surface area contributed by atoms with Crippen LogP contribution in [0.4, 0.5) is 0 Å². The molecule has 1 N–H and O–H groups in total. The van der Waals surface area contributed by atoms with Gasteiger partial charge in [0.2, 0.25) is 0 Å². The molecule has 0 amide bonds. The summed E-state index contributed by atoms with van der Waals surface area (Å²) in [4.78, 5) is 20.6. The van der Waals surface area contributed by atoms with Gasteiger partial charge in [0.15, 0.2) is 0 Å². The van der Waals surface area contributed by atoms with Crippen molar-refractivity contribution in [3.05, 3.63) is 24.8 Å². The molecule has 0 aliphatic carbocycles. The van der Waals surface area contributed by atoms with E-state index < -0.39 is 5.97 Å². The fourth-order valence-corrected chi connectivity index (χ4v) is 1.26. The van der Waals surface area contributed by atoms with Crippen LogP contribution < -0.4 is 0 Å². The summed E-state index contributed by atoms with van der Waals surface area (Å²) < 4.78 is 10.0. The summed E-state index contributed by atoms with van der Waals surface area (Å²) in [5.41, 5.74) is 0.269. The first-order valence-corrected chi connectivity index (χ1v) is 6.21. The topological polar surface area (TPSA) is 72.8 Å². The van der Waals surface area contributed by atoms with Crippen LogP contribution in [0.15, 0.2) is 24.8 Å². The molecule has 1 atom stereocenters. The number of hydrogen-bond donors (Lipinski definition) is 1. The Kier molecular flexibility index (Phi) is 8.53. The molecule has 1 fully saturated rings. The van der Waals surface area contributed by atoms with E-state index >= 15 is 0 Å². The molecule has 0 saturated carbocycles. The molecular weight excluding hydrogens is 248 g/mol. The lowest BCUT2D eigenvalue weighted by Crippen LogP contribution is -2.16. The number of carboxylic acid groups (broad SMARTS) is 1. The van der Waals surface area contributed by atoms with Crippen LogP contribution in [0.25, 0.3) is 0 Å². The van der Waals surface area contributed by atoms with Gasteiger partial charge in [0.05, 0.1) is 6.10 Å². The van der Waals surface area contributed by atoms with E-state index in [1.54, 1.807) is 13.8 Å². The van der Waals surface area contributed by atoms with Gasteiger partial charge in [-0.3, -0.25) is 0 Å². The summed E-state index contributed by atoms with van der Waals surface area (Å²) in [6, 6.07) is 0. The van der Waals surface area contributed by atoms with Gasteiger partial charge in [-0.2, -0.15) is 0 Å². The van der Waals surface area contributed by atoms with Crippen LogP contribution in [0.5, 0.6) is 0 Å². The molecule has 5 nitrogen and oxygen atoms in total. The molecule has 1 aliphatic heterocycles. The zero-order chi connectivity index (χ0) is 14.8. The van der Waals surface area contributed by atoms with Crippen molar-refractivity contribution in [1.29, 1.82) is 0 Å². The first-order chi connectivity index (χ1) is 8.88. The Balaban J connectivity index is 0.000000362. The molecular formula is C14H22O5. The lowest BCUT2D eigenvalue weighted by atomic mass is 10.1. The zero-order valence-corrected chi connectivity index (χ0v) is 11.6. The number of carbonyl (C=O) groups is 2. The number of carbonyl (C=O) groups excluding carboxylic acids is 1. The Morgan fingerprint density at radius 3 is 2.47 bits per heavy atom. The maximum Gasteiger partial charge on any atom is 0.331 e. The lowest BCUT2D eigenvalue weighted by Gasteiger charge is -2.07. The highest BCUT2D eigenvalue weighted by Crippen LogP contribution is 2.11. The average Bonchev–Trinajstić information content (AvgIpc) is 2.88. The third-order valence-electron chi connectivity index (χ3n) is 2.57. The maximum atomic E-state index is 10.6. The first kappa shape index (κ1) is 17.4. The van der Waals surface area contributed by atoms with E-state index in [9.17, 15) is 9.59 Å². The number of carboxylic acids is 1. The molecule has 1 aliphatic rings. The van der Waals surface area contributed by atoms with Crippen molar-refractivity contribution in [3.8, 4) is 0 Å². The second-order valence-electron chi connectivity index (χ2n) is 4.45. The van der Waals surface area contributed by atoms with Crippen LogP contribution in [0.2, 0.25) is 0 Å². The zero-order valence-electron chi connectivity index (χ0n) is 11.6. The summed E-state index contributed by atoms with van der Waals surface area (Å²) in [5.74, 6) is -1.23. The third kappa shape index (κ3) is 8.15. The fourth-order valence-electron chi connectivity index (χ4n) is 1.26. The Bertz CT molecular complexity index is 327. The molecule has 0 bridgehead atoms. The van der Waals surface area contributed by atoms with Crippen LogP contribution in [-0.4, -0.2) is 36.4 Å². The quantitative estimate of drug-likeness (QED) is 0.612. The van der Waals surface area contributed by atoms with Crippen molar-refractivity contribution >= 4 is 11.9 Å². The predicted molar refractivity (Wildman–Crippen MR) is 71.7 cm³/mol. The molecule has 0 aromatic rings. The van der Waals surface area contributed by atoms with E-state index in [2.05, 4.69) is 13.2 Å². The highest BCUT2D eigenvalue weighted by Gasteiger charge is 2.16. The molecule has 108 valence electrons. The van der Waals surface area contributed by atoms with E-state index in [0.717, 1.165) is 25.5 Å². The highest BCUT2D eigenvalue weighted by molar-refractivity contribution is 5.86. The highest BCUT2D eigenvalue weighted by atomic mass is 16.6. The molecule has 0 spiro atoms. The lowest BCUT2D eigenvalue weighted by molar-refractivity contribution is -0.141. The predicted octanol–water partition coefficient (Wildman–Crippen LogP) is 2.18. The molecule has 1 saturated heterocycles. The molecule has 1 unspecified atom stereocenters. The summed E-state index contributed by atoms with van der Waals surface area (Å²) in [6.07, 6.45) is 3.33. The van der Waals surface area contributed by atoms with Gasteiger partial charge in [-0.25, -0.2) is 9.59 Å². The smallest absolute Gasteiger partial charge is 0.331 e. The van der Waals surface area contributed by atoms with Crippen molar-refractivity contribution in [2.75, 3.05) is 13.2 Å². The van der Waals surface area contributed by atoms with E-state index in [1.807, 2.05) is 0 Å². The number of rotatable bonds is 5. The Morgan fingerprint density at radius 2 is 2.16 bits per heavy atom. The second kappa shape index (κ2) is 9.33. The Hall–Kier alpha value is -1.62. The van der Waals surface area contributed by atoms with Gasteiger partial charge in [0, 0.05) is 18.3 Å². The third-order valence-corrected chi connectivity index (χ3v) is 2.57. The minimum atomic E-state index is -0.903. The van der Waals surface area contributed by atoms with Crippen LogP contribution in [-0.2, 0) is 19.1 Å². The van der Waals surface area contributed by atoms with Crippen LogP contribution in [0, 0.1) is 5.92 Å². The summed E-state index contributed by atoms with van der Waals surface area (Å²) in [5, 5.41) is 8.25. The Labute approximate surface area is 113 Å². The Morgan fingerprint density at radius 1 is 1.53 bits per heavy atom. The van der Waals surface area contributed by atoms with Gasteiger partial charge in [-0.15, -0.1) is 0 Å². The standard InChI is InChI=1S/C8H12O3.C6H10O2/c1-2-8(9)11-6-7-4-3-5-10-7;1-4(2)5(3)6(7)8/h2,7H,1,3-6H2;4H,3H2,1-2H3,(H,7,8). The summed E-state index contributed by atoms with van der Waals surface area (Å²) in [7, 11) is 0. The van der Waals surface area contributed by atoms with Crippen LogP contribution >= 0.6 is 0 Å². The molecule has 5 heteroatoms. The van der Waals surface area contributed by atoms with Crippen molar-refractivity contribution in [2.45, 2.75) is 32.8 Å². The number of ether oxygens (including phenoxy) is 2. The SMILES string of the molecule is C=C(C(=O)O)C(C)C.C=CC(=O)OCC1CCCO1. The van der Waals surface area contributed by atoms with Crippen molar-refractivity contribution in [2.24, 2.45) is 5.92 Å². The molecule has 0 aromatic carbocycles. The molecule has 1 heterocycles. The molecule has 0 radical (unpaired) electrons. The van der Waals surface area contributed by atoms with Crippen molar-refractivity contribution in [3.63, 3.8) is 0 Å². The van der Waals surface area contributed by atoms with Crippen LogP contribution in [0.1, 0.15) is 26.7 Å². The van der Waals surface area contributed by atoms with Crippen LogP contribution in [0.3, 0.4) is 0 Å².